The second kappa shape index (κ2) is 8.75. The number of nitrogens with zero attached hydrogens (tertiary/aromatic N) is 1. The lowest BCUT2D eigenvalue weighted by atomic mass is 9.98. The smallest absolute Gasteiger partial charge is 0.232 e. The molecule has 0 amide bonds. The Morgan fingerprint density at radius 3 is 2.76 bits per heavy atom. The fourth-order valence-corrected chi connectivity index (χ4v) is 4.48. The van der Waals surface area contributed by atoms with Crippen molar-refractivity contribution in [3.63, 3.8) is 0 Å². The lowest BCUT2D eigenvalue weighted by Crippen LogP contribution is -2.31. The first-order valence-corrected chi connectivity index (χ1v) is 11.2. The second-order valence-electron chi connectivity index (χ2n) is 8.10. The highest BCUT2D eigenvalue weighted by Gasteiger charge is 2.35. The van der Waals surface area contributed by atoms with Gasteiger partial charge in [-0.25, -0.2) is 0 Å². The average molecular weight is 482 g/mol. The van der Waals surface area contributed by atoms with Crippen molar-refractivity contribution in [1.29, 1.82) is 0 Å². The SMILES string of the molecule is COc1cccc(/C=C2\Oc3c4c(cc(C)c3C2=O)OCN(Cc2ccc(Cl)c(Cl)c2)C4)c1. The maximum absolute atomic E-state index is 13.2. The maximum Gasteiger partial charge on any atom is 0.232 e. The van der Waals surface area contributed by atoms with Crippen LogP contribution in [0.5, 0.6) is 17.2 Å². The van der Waals surface area contributed by atoms with Crippen LogP contribution < -0.4 is 14.2 Å². The number of methoxy groups -OCH3 is 1. The van der Waals surface area contributed by atoms with E-state index in [0.717, 1.165) is 28.0 Å². The van der Waals surface area contributed by atoms with Crippen molar-refractivity contribution < 1.29 is 19.0 Å². The highest BCUT2D eigenvalue weighted by Crippen LogP contribution is 2.44. The Bertz CT molecular complexity index is 1300. The van der Waals surface area contributed by atoms with E-state index in [2.05, 4.69) is 4.90 Å². The summed E-state index contributed by atoms with van der Waals surface area (Å²) in [5, 5.41) is 1.04. The molecule has 0 saturated carbocycles. The van der Waals surface area contributed by atoms with E-state index in [9.17, 15) is 4.79 Å². The molecule has 0 aromatic heterocycles. The Kier molecular flexibility index (Phi) is 5.79. The number of hydrogen-bond donors (Lipinski definition) is 0. The monoisotopic (exact) mass is 481 g/mol. The molecule has 0 atom stereocenters. The van der Waals surface area contributed by atoms with Crippen LogP contribution in [0.3, 0.4) is 0 Å². The van der Waals surface area contributed by atoms with Crippen molar-refractivity contribution in [3.8, 4) is 17.2 Å². The van der Waals surface area contributed by atoms with Crippen LogP contribution in [0.15, 0.2) is 54.3 Å². The summed E-state index contributed by atoms with van der Waals surface area (Å²) >= 11 is 12.2. The Balaban J connectivity index is 1.45. The molecule has 0 N–H and O–H groups in total. The third-order valence-electron chi connectivity index (χ3n) is 5.77. The zero-order valence-electron chi connectivity index (χ0n) is 18.2. The third-order valence-corrected chi connectivity index (χ3v) is 6.51. The van der Waals surface area contributed by atoms with E-state index >= 15 is 0 Å². The number of halogens is 2. The molecule has 0 fully saturated rings. The van der Waals surface area contributed by atoms with E-state index in [1.54, 1.807) is 19.3 Å². The van der Waals surface area contributed by atoms with E-state index < -0.39 is 0 Å². The molecule has 0 radical (unpaired) electrons. The summed E-state index contributed by atoms with van der Waals surface area (Å²) in [4.78, 5) is 15.3. The van der Waals surface area contributed by atoms with Gasteiger partial charge in [0.05, 0.1) is 28.3 Å². The van der Waals surface area contributed by atoms with Crippen molar-refractivity contribution in [2.45, 2.75) is 20.0 Å². The molecule has 2 aliphatic heterocycles. The molecule has 0 spiro atoms. The number of fused-ring (bicyclic) bond motifs is 3. The van der Waals surface area contributed by atoms with E-state index in [0.29, 0.717) is 46.9 Å². The molecule has 5 nitrogen and oxygen atoms in total. The van der Waals surface area contributed by atoms with Crippen LogP contribution in [0, 0.1) is 6.92 Å². The summed E-state index contributed by atoms with van der Waals surface area (Å²) in [6.45, 7) is 3.53. The van der Waals surface area contributed by atoms with Gasteiger partial charge in [0.2, 0.25) is 5.78 Å². The predicted molar refractivity (Wildman–Crippen MR) is 128 cm³/mol. The fourth-order valence-electron chi connectivity index (χ4n) is 4.16. The van der Waals surface area contributed by atoms with Gasteiger partial charge in [-0.15, -0.1) is 0 Å². The quantitative estimate of drug-likeness (QED) is 0.410. The first-order valence-electron chi connectivity index (χ1n) is 10.5. The first-order chi connectivity index (χ1) is 15.9. The number of ether oxygens (including phenoxy) is 3. The molecular weight excluding hydrogens is 461 g/mol. The summed E-state index contributed by atoms with van der Waals surface area (Å²) in [5.41, 5.74) is 4.14. The highest BCUT2D eigenvalue weighted by molar-refractivity contribution is 6.42. The van der Waals surface area contributed by atoms with Gasteiger partial charge in [-0.05, 0) is 60.0 Å². The number of benzene rings is 3. The number of hydrogen-bond acceptors (Lipinski definition) is 5. The van der Waals surface area contributed by atoms with Crippen LogP contribution in [-0.4, -0.2) is 24.5 Å². The zero-order valence-corrected chi connectivity index (χ0v) is 19.7. The van der Waals surface area contributed by atoms with Crippen LogP contribution in [0.2, 0.25) is 10.0 Å². The van der Waals surface area contributed by atoms with Gasteiger partial charge < -0.3 is 14.2 Å². The Hall–Kier alpha value is -2.99. The summed E-state index contributed by atoms with van der Waals surface area (Å²) in [6, 6.07) is 15.0. The highest BCUT2D eigenvalue weighted by atomic mass is 35.5. The largest absolute Gasteiger partial charge is 0.497 e. The van der Waals surface area contributed by atoms with Gasteiger partial charge in [0.1, 0.15) is 24.0 Å². The van der Waals surface area contributed by atoms with Gasteiger partial charge in [-0.1, -0.05) is 41.4 Å². The zero-order chi connectivity index (χ0) is 23.1. The lowest BCUT2D eigenvalue weighted by molar-refractivity contribution is 0.0872. The van der Waals surface area contributed by atoms with Crippen molar-refractivity contribution >= 4 is 35.1 Å². The maximum atomic E-state index is 13.2. The van der Waals surface area contributed by atoms with Gasteiger partial charge in [0, 0.05) is 13.1 Å². The summed E-state index contributed by atoms with van der Waals surface area (Å²) in [6.07, 6.45) is 1.74. The van der Waals surface area contributed by atoms with Crippen LogP contribution in [0.4, 0.5) is 0 Å². The Labute approximate surface area is 202 Å². The molecule has 5 rings (SSSR count). The van der Waals surface area contributed by atoms with Crippen molar-refractivity contribution in [2.24, 2.45) is 0 Å². The van der Waals surface area contributed by atoms with Gasteiger partial charge in [-0.3, -0.25) is 9.69 Å². The van der Waals surface area contributed by atoms with Gasteiger partial charge >= 0.3 is 0 Å². The minimum absolute atomic E-state index is 0.130. The molecule has 3 aromatic carbocycles. The molecule has 3 aromatic rings. The average Bonchev–Trinajstić information content (AvgIpc) is 3.13. The van der Waals surface area contributed by atoms with E-state index in [-0.39, 0.29) is 11.5 Å². The molecular formula is C26H21Cl2NO4. The van der Waals surface area contributed by atoms with Crippen LogP contribution in [-0.2, 0) is 13.1 Å². The van der Waals surface area contributed by atoms with Gasteiger partial charge in [-0.2, -0.15) is 0 Å². The van der Waals surface area contributed by atoms with Gasteiger partial charge in [0.25, 0.3) is 0 Å². The van der Waals surface area contributed by atoms with E-state index in [1.165, 1.54) is 0 Å². The molecule has 0 aliphatic carbocycles. The topological polar surface area (TPSA) is 48.0 Å². The Morgan fingerprint density at radius 1 is 1.12 bits per heavy atom. The van der Waals surface area contributed by atoms with Crippen molar-refractivity contribution in [2.75, 3.05) is 13.8 Å². The lowest BCUT2D eigenvalue weighted by Gasteiger charge is -2.30. The van der Waals surface area contributed by atoms with Crippen LogP contribution >= 0.6 is 23.2 Å². The molecule has 0 saturated heterocycles. The third kappa shape index (κ3) is 4.20. The molecule has 2 heterocycles. The summed E-state index contributed by atoms with van der Waals surface area (Å²) in [7, 11) is 1.61. The number of carbonyl (C=O) groups is 1. The number of allylic oxidation sites excluding steroid dienone is 1. The van der Waals surface area contributed by atoms with Gasteiger partial charge in [0.15, 0.2) is 5.76 Å². The normalized spacial score (nSPS) is 16.2. The summed E-state index contributed by atoms with van der Waals surface area (Å²) < 4.78 is 17.4. The number of rotatable bonds is 4. The Morgan fingerprint density at radius 2 is 1.97 bits per heavy atom. The molecule has 0 bridgehead atoms. The fraction of sp³-hybridized carbons (Fsp3) is 0.192. The summed E-state index contributed by atoms with van der Waals surface area (Å²) in [5.74, 6) is 2.19. The van der Waals surface area contributed by atoms with Crippen LogP contribution in [0.1, 0.15) is 32.6 Å². The van der Waals surface area contributed by atoms with Crippen LogP contribution in [0.25, 0.3) is 6.08 Å². The number of ketones is 1. The van der Waals surface area contributed by atoms with Crippen molar-refractivity contribution in [3.05, 3.63) is 92.2 Å². The number of aryl methyl sites for hydroxylation is 1. The number of Topliss-reactive ketones (excluding diaryl/α,β-unsaturated/α-hetero) is 1. The van der Waals surface area contributed by atoms with Crippen molar-refractivity contribution in [1.82, 2.24) is 4.90 Å². The molecule has 33 heavy (non-hydrogen) atoms. The number of carbonyl (C=O) groups excluding carboxylic acids is 1. The molecule has 7 heteroatoms. The standard InChI is InChI=1S/C26H21Cl2NO4/c1-15-8-22-19(13-29(14-32-22)12-17-6-7-20(27)21(28)10-17)26-24(15)25(30)23(33-26)11-16-4-3-5-18(9-16)31-2/h3-11H,12-14H2,1-2H3/b23-11-. The first kappa shape index (κ1) is 21.8. The molecule has 0 unspecified atom stereocenters. The second-order valence-corrected chi connectivity index (χ2v) is 8.91. The van der Waals surface area contributed by atoms with E-state index in [4.69, 9.17) is 37.4 Å². The predicted octanol–water partition coefficient (Wildman–Crippen LogP) is 6.28. The molecule has 168 valence electrons. The minimum Gasteiger partial charge on any atom is -0.497 e. The van der Waals surface area contributed by atoms with E-state index in [1.807, 2.05) is 49.4 Å². The molecule has 2 aliphatic rings. The minimum atomic E-state index is -0.130.